The number of ether oxygens (including phenoxy) is 1. The zero-order chi connectivity index (χ0) is 12.8. The number of nitrogens with zero attached hydrogens (tertiary/aromatic N) is 1. The Labute approximate surface area is 107 Å². The van der Waals surface area contributed by atoms with Crippen molar-refractivity contribution in [2.75, 3.05) is 7.11 Å². The molecule has 2 nitrogen and oxygen atoms in total. The second-order valence-corrected chi connectivity index (χ2v) is 4.77. The van der Waals surface area contributed by atoms with E-state index in [1.807, 2.05) is 45.0 Å². The molecule has 3 heteroatoms. The van der Waals surface area contributed by atoms with E-state index in [0.717, 1.165) is 22.0 Å². The third kappa shape index (κ3) is 3.30. The van der Waals surface area contributed by atoms with Crippen LogP contribution in [0, 0.1) is 13.8 Å². The molecule has 0 fully saturated rings. The standard InChI is InChI=1S/C12H13NOS.C2H6/c1-8-12(13-9(2)15-8)10-4-6-11(14-3)7-5-10;1-2/h4-7H,1-3H3;1-2H3. The number of hydrogen-bond donors (Lipinski definition) is 0. The molecule has 0 saturated heterocycles. The van der Waals surface area contributed by atoms with E-state index in [0.29, 0.717) is 0 Å². The Morgan fingerprint density at radius 1 is 1.06 bits per heavy atom. The van der Waals surface area contributed by atoms with Gasteiger partial charge in [0.05, 0.1) is 17.8 Å². The normalized spacial score (nSPS) is 9.47. The van der Waals surface area contributed by atoms with Gasteiger partial charge < -0.3 is 4.74 Å². The Morgan fingerprint density at radius 2 is 1.65 bits per heavy atom. The van der Waals surface area contributed by atoms with Gasteiger partial charge in [-0.1, -0.05) is 13.8 Å². The molecule has 92 valence electrons. The molecule has 0 radical (unpaired) electrons. The van der Waals surface area contributed by atoms with Gasteiger partial charge in [0, 0.05) is 10.4 Å². The molecule has 0 aliphatic carbocycles. The van der Waals surface area contributed by atoms with Crippen LogP contribution in [0.5, 0.6) is 5.75 Å². The summed E-state index contributed by atoms with van der Waals surface area (Å²) in [5.74, 6) is 0.878. The predicted octanol–water partition coefficient (Wildman–Crippen LogP) is 4.46. The summed E-state index contributed by atoms with van der Waals surface area (Å²) < 4.78 is 5.12. The first-order valence-electron chi connectivity index (χ1n) is 5.79. The van der Waals surface area contributed by atoms with E-state index in [9.17, 15) is 0 Å². The molecular formula is C14H19NOS. The molecule has 1 heterocycles. The van der Waals surface area contributed by atoms with Gasteiger partial charge in [0.2, 0.25) is 0 Å². The van der Waals surface area contributed by atoms with Crippen LogP contribution in [-0.2, 0) is 0 Å². The van der Waals surface area contributed by atoms with Crippen molar-refractivity contribution >= 4 is 11.3 Å². The van der Waals surface area contributed by atoms with Crippen molar-refractivity contribution in [1.82, 2.24) is 4.98 Å². The van der Waals surface area contributed by atoms with E-state index in [1.54, 1.807) is 18.4 Å². The summed E-state index contributed by atoms with van der Waals surface area (Å²) in [6.45, 7) is 8.13. The molecule has 0 bridgehead atoms. The lowest BCUT2D eigenvalue weighted by atomic mass is 10.1. The van der Waals surface area contributed by atoms with Gasteiger partial charge in [-0.25, -0.2) is 4.98 Å². The molecule has 1 aromatic heterocycles. The zero-order valence-electron chi connectivity index (χ0n) is 11.1. The molecule has 2 aromatic rings. The van der Waals surface area contributed by atoms with Crippen LogP contribution >= 0.6 is 11.3 Å². The number of methoxy groups -OCH3 is 1. The first-order chi connectivity index (χ1) is 8.20. The number of aryl methyl sites for hydroxylation is 2. The second kappa shape index (κ2) is 6.40. The summed E-state index contributed by atoms with van der Waals surface area (Å²) in [5, 5.41) is 1.11. The molecule has 0 amide bonds. The molecule has 0 spiro atoms. The fraction of sp³-hybridized carbons (Fsp3) is 0.357. The predicted molar refractivity (Wildman–Crippen MR) is 74.9 cm³/mol. The largest absolute Gasteiger partial charge is 0.497 e. The van der Waals surface area contributed by atoms with Crippen LogP contribution in [0.3, 0.4) is 0 Å². The van der Waals surface area contributed by atoms with Crippen molar-refractivity contribution < 1.29 is 4.74 Å². The van der Waals surface area contributed by atoms with Crippen LogP contribution in [-0.4, -0.2) is 12.1 Å². The highest BCUT2D eigenvalue weighted by Crippen LogP contribution is 2.28. The summed E-state index contributed by atoms with van der Waals surface area (Å²) in [5.41, 5.74) is 2.23. The minimum atomic E-state index is 0.878. The van der Waals surface area contributed by atoms with Crippen LogP contribution in [0.2, 0.25) is 0 Å². The third-order valence-electron chi connectivity index (χ3n) is 2.27. The van der Waals surface area contributed by atoms with Gasteiger partial charge in [0.25, 0.3) is 0 Å². The van der Waals surface area contributed by atoms with E-state index >= 15 is 0 Å². The van der Waals surface area contributed by atoms with E-state index in [2.05, 4.69) is 11.9 Å². The summed E-state index contributed by atoms with van der Waals surface area (Å²) >= 11 is 1.73. The smallest absolute Gasteiger partial charge is 0.118 e. The van der Waals surface area contributed by atoms with Crippen LogP contribution in [0.25, 0.3) is 11.3 Å². The van der Waals surface area contributed by atoms with Crippen molar-refractivity contribution in [2.45, 2.75) is 27.7 Å². The molecule has 17 heavy (non-hydrogen) atoms. The highest BCUT2D eigenvalue weighted by Gasteiger charge is 2.06. The van der Waals surface area contributed by atoms with E-state index in [1.165, 1.54) is 4.88 Å². The maximum Gasteiger partial charge on any atom is 0.118 e. The fourth-order valence-corrected chi connectivity index (χ4v) is 2.39. The van der Waals surface area contributed by atoms with Gasteiger partial charge in [-0.15, -0.1) is 11.3 Å². The Bertz CT molecular complexity index is 460. The maximum absolute atomic E-state index is 5.12. The number of rotatable bonds is 2. The number of hydrogen-bond acceptors (Lipinski definition) is 3. The van der Waals surface area contributed by atoms with Gasteiger partial charge in [-0.05, 0) is 38.1 Å². The summed E-state index contributed by atoms with van der Waals surface area (Å²) in [7, 11) is 1.67. The molecular weight excluding hydrogens is 230 g/mol. The van der Waals surface area contributed by atoms with Crippen molar-refractivity contribution in [3.05, 3.63) is 34.2 Å². The molecule has 1 aromatic carbocycles. The first kappa shape index (κ1) is 13.7. The number of thiazole rings is 1. The average Bonchev–Trinajstić information content (AvgIpc) is 2.71. The van der Waals surface area contributed by atoms with Gasteiger partial charge in [-0.2, -0.15) is 0 Å². The minimum Gasteiger partial charge on any atom is -0.497 e. The van der Waals surface area contributed by atoms with Crippen molar-refractivity contribution in [1.29, 1.82) is 0 Å². The van der Waals surface area contributed by atoms with Gasteiger partial charge in [0.1, 0.15) is 5.75 Å². The monoisotopic (exact) mass is 249 g/mol. The molecule has 0 aliphatic heterocycles. The Hall–Kier alpha value is -1.35. The molecule has 0 atom stereocenters. The molecule has 2 rings (SSSR count). The van der Waals surface area contributed by atoms with E-state index in [4.69, 9.17) is 4.74 Å². The van der Waals surface area contributed by atoms with Crippen LogP contribution in [0.15, 0.2) is 24.3 Å². The van der Waals surface area contributed by atoms with Crippen LogP contribution in [0.1, 0.15) is 23.7 Å². The highest BCUT2D eigenvalue weighted by atomic mass is 32.1. The summed E-state index contributed by atoms with van der Waals surface area (Å²) in [6.07, 6.45) is 0. The highest BCUT2D eigenvalue weighted by molar-refractivity contribution is 7.11. The lowest BCUT2D eigenvalue weighted by Crippen LogP contribution is -1.84. The molecule has 0 saturated carbocycles. The van der Waals surface area contributed by atoms with Crippen molar-refractivity contribution in [3.8, 4) is 17.0 Å². The van der Waals surface area contributed by atoms with Gasteiger partial charge >= 0.3 is 0 Å². The van der Waals surface area contributed by atoms with Crippen molar-refractivity contribution in [3.63, 3.8) is 0 Å². The minimum absolute atomic E-state index is 0.878. The lowest BCUT2D eigenvalue weighted by molar-refractivity contribution is 0.415. The quantitative estimate of drug-likeness (QED) is 0.784. The Balaban J connectivity index is 0.000000686. The Morgan fingerprint density at radius 3 is 2.06 bits per heavy atom. The molecule has 0 unspecified atom stereocenters. The molecule has 0 N–H and O–H groups in total. The van der Waals surface area contributed by atoms with Crippen molar-refractivity contribution in [2.24, 2.45) is 0 Å². The van der Waals surface area contributed by atoms with Gasteiger partial charge in [-0.3, -0.25) is 0 Å². The second-order valence-electron chi connectivity index (χ2n) is 3.37. The number of benzene rings is 1. The summed E-state index contributed by atoms with van der Waals surface area (Å²) in [4.78, 5) is 5.78. The average molecular weight is 249 g/mol. The fourth-order valence-electron chi connectivity index (χ4n) is 1.55. The van der Waals surface area contributed by atoms with Gasteiger partial charge in [0.15, 0.2) is 0 Å². The van der Waals surface area contributed by atoms with Crippen LogP contribution in [0.4, 0.5) is 0 Å². The SMILES string of the molecule is CC.COc1ccc(-c2nc(C)sc2C)cc1. The zero-order valence-corrected chi connectivity index (χ0v) is 11.9. The van der Waals surface area contributed by atoms with Crippen LogP contribution < -0.4 is 4.74 Å². The lowest BCUT2D eigenvalue weighted by Gasteiger charge is -2.01. The maximum atomic E-state index is 5.12. The van der Waals surface area contributed by atoms with E-state index in [-0.39, 0.29) is 0 Å². The van der Waals surface area contributed by atoms with E-state index < -0.39 is 0 Å². The Kier molecular flexibility index (Phi) is 5.16. The summed E-state index contributed by atoms with van der Waals surface area (Å²) in [6, 6.07) is 8.01. The first-order valence-corrected chi connectivity index (χ1v) is 6.61. The topological polar surface area (TPSA) is 22.1 Å². The number of aromatic nitrogens is 1. The molecule has 0 aliphatic rings. The third-order valence-corrected chi connectivity index (χ3v) is 3.15.